The van der Waals surface area contributed by atoms with Crippen LogP contribution in [0.15, 0.2) is 23.4 Å². The predicted molar refractivity (Wildman–Crippen MR) is 83.0 cm³/mol. The molecule has 1 heterocycles. The third kappa shape index (κ3) is 3.55. The highest BCUT2D eigenvalue weighted by Crippen LogP contribution is 2.26. The molecule has 2 rings (SSSR count). The molecule has 118 valence electrons. The lowest BCUT2D eigenvalue weighted by molar-refractivity contribution is 0.138. The van der Waals surface area contributed by atoms with Crippen LogP contribution < -0.4 is 5.32 Å². The lowest BCUT2D eigenvalue weighted by Gasteiger charge is -2.19. The molecule has 0 radical (unpaired) electrons. The highest BCUT2D eigenvalue weighted by Gasteiger charge is 2.32. The number of pyridine rings is 1. The van der Waals surface area contributed by atoms with Crippen LogP contribution in [0.25, 0.3) is 0 Å². The fourth-order valence-electron chi connectivity index (χ4n) is 2.46. The van der Waals surface area contributed by atoms with Crippen LogP contribution in [0.2, 0.25) is 0 Å². The van der Waals surface area contributed by atoms with E-state index in [0.717, 1.165) is 24.9 Å². The number of aromatic nitrogens is 1. The van der Waals surface area contributed by atoms with Gasteiger partial charge in [0.1, 0.15) is 0 Å². The van der Waals surface area contributed by atoms with Crippen molar-refractivity contribution in [1.29, 1.82) is 0 Å². The van der Waals surface area contributed by atoms with E-state index in [2.05, 4.69) is 10.3 Å². The lowest BCUT2D eigenvalue weighted by Crippen LogP contribution is -2.28. The molecule has 1 aliphatic rings. The van der Waals surface area contributed by atoms with Crippen molar-refractivity contribution in [2.75, 3.05) is 11.9 Å². The van der Waals surface area contributed by atoms with E-state index < -0.39 is 14.6 Å². The molecule has 0 aromatic carbocycles. The molecule has 0 amide bonds. The van der Waals surface area contributed by atoms with E-state index in [0.29, 0.717) is 6.54 Å². The Labute approximate surface area is 126 Å². The van der Waals surface area contributed by atoms with Gasteiger partial charge < -0.3 is 10.4 Å². The first-order valence-electron chi connectivity index (χ1n) is 7.34. The Balaban J connectivity index is 2.03. The van der Waals surface area contributed by atoms with E-state index in [4.69, 9.17) is 0 Å². The number of sulfone groups is 1. The van der Waals surface area contributed by atoms with Gasteiger partial charge in [-0.2, -0.15) is 0 Å². The van der Waals surface area contributed by atoms with Crippen LogP contribution in [0.3, 0.4) is 0 Å². The lowest BCUT2D eigenvalue weighted by atomic mass is 10.1. The molecule has 6 heteroatoms. The highest BCUT2D eigenvalue weighted by atomic mass is 32.2. The van der Waals surface area contributed by atoms with Crippen molar-refractivity contribution in [3.8, 4) is 0 Å². The van der Waals surface area contributed by atoms with Gasteiger partial charge in [0, 0.05) is 12.5 Å². The highest BCUT2D eigenvalue weighted by molar-refractivity contribution is 7.92. The van der Waals surface area contributed by atoms with Gasteiger partial charge in [-0.05, 0) is 45.7 Å². The number of hydrogen-bond donors (Lipinski definition) is 2. The Hall–Kier alpha value is -1.14. The molecule has 1 aromatic rings. The Morgan fingerprint density at radius 3 is 2.52 bits per heavy atom. The summed E-state index contributed by atoms with van der Waals surface area (Å²) in [5, 5.41) is 13.1. The van der Waals surface area contributed by atoms with E-state index in [1.54, 1.807) is 33.0 Å². The summed E-state index contributed by atoms with van der Waals surface area (Å²) in [6, 6.07) is 3.26. The van der Waals surface area contributed by atoms with Crippen LogP contribution in [-0.4, -0.2) is 35.9 Å². The van der Waals surface area contributed by atoms with Crippen molar-refractivity contribution in [3.63, 3.8) is 0 Å². The molecule has 1 saturated carbocycles. The maximum atomic E-state index is 12.3. The summed E-state index contributed by atoms with van der Waals surface area (Å²) < 4.78 is 23.7. The molecule has 2 N–H and O–H groups in total. The molecule has 0 bridgehead atoms. The van der Waals surface area contributed by atoms with Crippen LogP contribution in [0.5, 0.6) is 0 Å². The van der Waals surface area contributed by atoms with Gasteiger partial charge in [-0.3, -0.25) is 0 Å². The molecule has 1 fully saturated rings. The Kier molecular flexibility index (Phi) is 4.58. The van der Waals surface area contributed by atoms with Gasteiger partial charge in [-0.15, -0.1) is 0 Å². The molecule has 0 saturated heterocycles. The molecular weight excluding hydrogens is 288 g/mol. The second-order valence-corrected chi connectivity index (χ2v) is 9.29. The predicted octanol–water partition coefficient (Wildman–Crippen LogP) is 2.23. The molecule has 2 atom stereocenters. The standard InChI is InChI=1S/C15H24N2O3S/c1-15(2,3)21(19,20)14-8-7-12(10-17-14)16-9-11-5-4-6-13(11)18/h7-8,10-11,13,16,18H,4-6,9H2,1-3H3/t11-,13-/m1/s1. The van der Waals surface area contributed by atoms with Gasteiger partial charge in [-0.1, -0.05) is 6.42 Å². The molecule has 0 unspecified atom stereocenters. The zero-order valence-corrected chi connectivity index (χ0v) is 13.7. The van der Waals surface area contributed by atoms with E-state index in [-0.39, 0.29) is 17.0 Å². The number of nitrogens with one attached hydrogen (secondary N) is 1. The van der Waals surface area contributed by atoms with E-state index in [1.165, 1.54) is 6.07 Å². The zero-order chi connectivity index (χ0) is 15.7. The third-order valence-corrected chi connectivity index (χ3v) is 6.41. The molecular formula is C15H24N2O3S. The van der Waals surface area contributed by atoms with Crippen LogP contribution in [0, 0.1) is 5.92 Å². The quantitative estimate of drug-likeness (QED) is 0.891. The summed E-state index contributed by atoms with van der Waals surface area (Å²) in [5.41, 5.74) is 0.780. The number of hydrogen-bond acceptors (Lipinski definition) is 5. The maximum absolute atomic E-state index is 12.3. The topological polar surface area (TPSA) is 79.3 Å². The molecule has 0 spiro atoms. The van der Waals surface area contributed by atoms with Gasteiger partial charge in [0.2, 0.25) is 0 Å². The van der Waals surface area contributed by atoms with Crippen molar-refractivity contribution in [1.82, 2.24) is 4.98 Å². The number of aliphatic hydroxyl groups is 1. The number of rotatable bonds is 4. The molecule has 0 aliphatic heterocycles. The SMILES string of the molecule is CC(C)(C)S(=O)(=O)c1ccc(NC[C@H]2CCC[C@H]2O)cn1. The summed E-state index contributed by atoms with van der Waals surface area (Å²) in [4.78, 5) is 4.07. The number of nitrogens with zero attached hydrogens (tertiary/aromatic N) is 1. The van der Waals surface area contributed by atoms with E-state index in [9.17, 15) is 13.5 Å². The monoisotopic (exact) mass is 312 g/mol. The van der Waals surface area contributed by atoms with Crippen molar-refractivity contribution in [3.05, 3.63) is 18.3 Å². The second kappa shape index (κ2) is 5.93. The summed E-state index contributed by atoms with van der Waals surface area (Å²) in [6.07, 6.45) is 4.27. The average Bonchev–Trinajstić information content (AvgIpc) is 2.81. The van der Waals surface area contributed by atoms with Gasteiger partial charge in [0.15, 0.2) is 14.9 Å². The second-order valence-electron chi connectivity index (χ2n) is 6.64. The molecule has 1 aliphatic carbocycles. The van der Waals surface area contributed by atoms with Gasteiger partial charge in [0.05, 0.1) is 22.7 Å². The number of aliphatic hydroxyl groups excluding tert-OH is 1. The van der Waals surface area contributed by atoms with Crippen molar-refractivity contribution in [2.24, 2.45) is 5.92 Å². The van der Waals surface area contributed by atoms with Crippen molar-refractivity contribution < 1.29 is 13.5 Å². The Morgan fingerprint density at radius 2 is 2.05 bits per heavy atom. The maximum Gasteiger partial charge on any atom is 0.200 e. The van der Waals surface area contributed by atoms with Crippen molar-refractivity contribution in [2.45, 2.75) is 55.9 Å². The van der Waals surface area contributed by atoms with Crippen LogP contribution in [-0.2, 0) is 9.84 Å². The van der Waals surface area contributed by atoms with E-state index in [1.807, 2.05) is 0 Å². The van der Waals surface area contributed by atoms with E-state index >= 15 is 0 Å². The number of anilines is 1. The Morgan fingerprint density at radius 1 is 1.33 bits per heavy atom. The normalized spacial score (nSPS) is 23.2. The zero-order valence-electron chi connectivity index (χ0n) is 12.8. The molecule has 21 heavy (non-hydrogen) atoms. The molecule has 1 aromatic heterocycles. The van der Waals surface area contributed by atoms with Gasteiger partial charge in [-0.25, -0.2) is 13.4 Å². The van der Waals surface area contributed by atoms with Crippen molar-refractivity contribution >= 4 is 15.5 Å². The Bertz CT molecular complexity index is 576. The minimum atomic E-state index is -3.41. The first-order valence-corrected chi connectivity index (χ1v) is 8.83. The molecule has 5 nitrogen and oxygen atoms in total. The van der Waals surface area contributed by atoms with Crippen LogP contribution in [0.4, 0.5) is 5.69 Å². The fraction of sp³-hybridized carbons (Fsp3) is 0.667. The fourth-order valence-corrected chi connectivity index (χ4v) is 3.53. The average molecular weight is 312 g/mol. The van der Waals surface area contributed by atoms with Crippen LogP contribution >= 0.6 is 0 Å². The largest absolute Gasteiger partial charge is 0.393 e. The third-order valence-electron chi connectivity index (χ3n) is 4.01. The summed E-state index contributed by atoms with van der Waals surface area (Å²) in [6.45, 7) is 5.68. The summed E-state index contributed by atoms with van der Waals surface area (Å²) in [5.74, 6) is 0.267. The van der Waals surface area contributed by atoms with Gasteiger partial charge in [0.25, 0.3) is 0 Å². The minimum absolute atomic E-state index is 0.0986. The summed E-state index contributed by atoms with van der Waals surface area (Å²) >= 11 is 0. The van der Waals surface area contributed by atoms with Crippen LogP contribution in [0.1, 0.15) is 40.0 Å². The summed E-state index contributed by atoms with van der Waals surface area (Å²) in [7, 11) is -3.41. The smallest absolute Gasteiger partial charge is 0.200 e. The van der Waals surface area contributed by atoms with Gasteiger partial charge >= 0.3 is 0 Å². The first-order chi connectivity index (χ1) is 9.72. The first kappa shape index (κ1) is 16.2. The minimum Gasteiger partial charge on any atom is -0.393 e.